The highest BCUT2D eigenvalue weighted by Crippen LogP contribution is 2.29. The summed E-state index contributed by atoms with van der Waals surface area (Å²) in [6, 6.07) is 2.19. The van der Waals surface area contributed by atoms with Crippen molar-refractivity contribution in [3.05, 3.63) is 21.4 Å². The van der Waals surface area contributed by atoms with E-state index in [0.29, 0.717) is 12.5 Å². The van der Waals surface area contributed by atoms with Crippen LogP contribution in [0.2, 0.25) is 0 Å². The van der Waals surface area contributed by atoms with E-state index in [-0.39, 0.29) is 24.4 Å². The van der Waals surface area contributed by atoms with E-state index in [9.17, 15) is 4.79 Å². The first-order chi connectivity index (χ1) is 9.65. The second kappa shape index (κ2) is 7.09. The van der Waals surface area contributed by atoms with Gasteiger partial charge in [-0.15, -0.1) is 23.7 Å². The van der Waals surface area contributed by atoms with Gasteiger partial charge in [-0.2, -0.15) is 0 Å². The fourth-order valence-electron chi connectivity index (χ4n) is 3.03. The Kier molecular flexibility index (Phi) is 5.66. The molecule has 0 spiro atoms. The molecule has 2 unspecified atom stereocenters. The van der Waals surface area contributed by atoms with E-state index in [1.807, 2.05) is 17.9 Å². The highest BCUT2D eigenvalue weighted by Gasteiger charge is 2.28. The van der Waals surface area contributed by atoms with Crippen molar-refractivity contribution in [1.29, 1.82) is 0 Å². The predicted molar refractivity (Wildman–Crippen MR) is 87.2 cm³/mol. The number of amides is 1. The minimum absolute atomic E-state index is 0. The first-order valence-electron chi connectivity index (χ1n) is 7.39. The third-order valence-electron chi connectivity index (χ3n) is 4.33. The van der Waals surface area contributed by atoms with Gasteiger partial charge in [0.1, 0.15) is 0 Å². The molecule has 2 aliphatic heterocycles. The van der Waals surface area contributed by atoms with Gasteiger partial charge in [0, 0.05) is 30.4 Å². The third-order valence-corrected chi connectivity index (χ3v) is 5.55. The molecule has 1 amide bonds. The lowest BCUT2D eigenvalue weighted by Gasteiger charge is -2.34. The summed E-state index contributed by atoms with van der Waals surface area (Å²) < 4.78 is 5.45. The molecule has 2 aliphatic rings. The lowest BCUT2D eigenvalue weighted by atomic mass is 9.92. The molecule has 0 aromatic carbocycles. The summed E-state index contributed by atoms with van der Waals surface area (Å²) >= 11 is 1.64. The van der Waals surface area contributed by atoms with Crippen molar-refractivity contribution >= 4 is 29.7 Å². The average molecular weight is 331 g/mol. The van der Waals surface area contributed by atoms with Crippen LogP contribution in [0.3, 0.4) is 0 Å². The van der Waals surface area contributed by atoms with Crippen LogP contribution in [0.4, 0.5) is 0 Å². The molecule has 1 fully saturated rings. The van der Waals surface area contributed by atoms with Crippen LogP contribution in [0.15, 0.2) is 6.07 Å². The van der Waals surface area contributed by atoms with Gasteiger partial charge < -0.3 is 15.4 Å². The Labute approximate surface area is 136 Å². The van der Waals surface area contributed by atoms with Gasteiger partial charge >= 0.3 is 0 Å². The summed E-state index contributed by atoms with van der Waals surface area (Å²) in [5, 5.41) is 0. The molecular formula is C15H23ClN2O2S. The summed E-state index contributed by atoms with van der Waals surface area (Å²) in [5.74, 6) is 0.611. The Morgan fingerprint density at radius 1 is 1.57 bits per heavy atom. The molecule has 0 aliphatic carbocycles. The zero-order valence-electron chi connectivity index (χ0n) is 12.3. The van der Waals surface area contributed by atoms with E-state index in [1.54, 1.807) is 11.3 Å². The fraction of sp³-hybridized carbons (Fsp3) is 0.667. The Hall–Kier alpha value is -0.620. The van der Waals surface area contributed by atoms with Gasteiger partial charge in [-0.1, -0.05) is 0 Å². The number of halogens is 1. The Bertz CT molecular complexity index is 480. The van der Waals surface area contributed by atoms with E-state index in [1.165, 1.54) is 10.4 Å². The summed E-state index contributed by atoms with van der Waals surface area (Å²) in [4.78, 5) is 16.8. The molecule has 3 heterocycles. The van der Waals surface area contributed by atoms with Crippen LogP contribution < -0.4 is 5.73 Å². The smallest absolute Gasteiger partial charge is 0.263 e. The van der Waals surface area contributed by atoms with Crippen molar-refractivity contribution in [3.63, 3.8) is 0 Å². The van der Waals surface area contributed by atoms with Gasteiger partial charge in [0.15, 0.2) is 0 Å². The van der Waals surface area contributed by atoms with Gasteiger partial charge in [0.25, 0.3) is 5.91 Å². The SMILES string of the molecule is CC(N)C1CCCN(C(=O)c2cc3c(s2)CCOC3)C1.Cl. The van der Waals surface area contributed by atoms with Crippen molar-refractivity contribution < 1.29 is 9.53 Å². The fourth-order valence-corrected chi connectivity index (χ4v) is 4.15. The Morgan fingerprint density at radius 2 is 2.38 bits per heavy atom. The normalized spacial score (nSPS) is 23.1. The number of hydrogen-bond donors (Lipinski definition) is 1. The van der Waals surface area contributed by atoms with E-state index in [4.69, 9.17) is 10.5 Å². The molecule has 2 atom stereocenters. The first-order valence-corrected chi connectivity index (χ1v) is 8.21. The summed E-state index contributed by atoms with van der Waals surface area (Å²) in [6.45, 7) is 5.13. The largest absolute Gasteiger partial charge is 0.376 e. The molecule has 1 aromatic heterocycles. The van der Waals surface area contributed by atoms with Crippen molar-refractivity contribution in [3.8, 4) is 0 Å². The minimum atomic E-state index is 0. The number of likely N-dealkylation sites (tertiary alicyclic amines) is 1. The van der Waals surface area contributed by atoms with E-state index in [0.717, 1.165) is 43.8 Å². The number of rotatable bonds is 2. The van der Waals surface area contributed by atoms with Crippen LogP contribution in [-0.4, -0.2) is 36.5 Å². The maximum absolute atomic E-state index is 12.6. The van der Waals surface area contributed by atoms with Gasteiger partial charge in [-0.05, 0) is 37.3 Å². The quantitative estimate of drug-likeness (QED) is 0.906. The molecule has 4 nitrogen and oxygen atoms in total. The molecular weight excluding hydrogens is 308 g/mol. The van der Waals surface area contributed by atoms with Crippen molar-refractivity contribution in [1.82, 2.24) is 4.90 Å². The highest BCUT2D eigenvalue weighted by molar-refractivity contribution is 7.14. The van der Waals surface area contributed by atoms with Crippen LogP contribution >= 0.6 is 23.7 Å². The van der Waals surface area contributed by atoms with Gasteiger partial charge in [-0.25, -0.2) is 0 Å². The summed E-state index contributed by atoms with van der Waals surface area (Å²) in [7, 11) is 0. The number of hydrogen-bond acceptors (Lipinski definition) is 4. The second-order valence-corrected chi connectivity index (χ2v) is 7.01. The number of piperidine rings is 1. The standard InChI is InChI=1S/C15H22N2O2S.ClH/c1-10(16)11-3-2-5-17(8-11)15(18)14-7-12-9-19-6-4-13(12)20-14;/h7,10-11H,2-6,8-9,16H2,1H3;1H. The highest BCUT2D eigenvalue weighted by atomic mass is 35.5. The van der Waals surface area contributed by atoms with Crippen LogP contribution in [0.25, 0.3) is 0 Å². The molecule has 6 heteroatoms. The van der Waals surface area contributed by atoms with Gasteiger partial charge in [0.05, 0.1) is 18.1 Å². The molecule has 3 rings (SSSR count). The lowest BCUT2D eigenvalue weighted by Crippen LogP contribution is -2.44. The summed E-state index contributed by atoms with van der Waals surface area (Å²) in [5.41, 5.74) is 7.20. The number of fused-ring (bicyclic) bond motifs is 1. The van der Waals surface area contributed by atoms with Gasteiger partial charge in [0.2, 0.25) is 0 Å². The second-order valence-electron chi connectivity index (χ2n) is 5.87. The maximum atomic E-state index is 12.6. The average Bonchev–Trinajstić information content (AvgIpc) is 2.90. The van der Waals surface area contributed by atoms with E-state index in [2.05, 4.69) is 0 Å². The molecule has 21 heavy (non-hydrogen) atoms. The number of ether oxygens (including phenoxy) is 1. The number of carbonyl (C=O) groups excluding carboxylic acids is 1. The van der Waals surface area contributed by atoms with Crippen LogP contribution in [0.5, 0.6) is 0 Å². The monoisotopic (exact) mass is 330 g/mol. The van der Waals surface area contributed by atoms with E-state index < -0.39 is 0 Å². The van der Waals surface area contributed by atoms with Gasteiger partial charge in [-0.3, -0.25) is 4.79 Å². The Balaban J connectivity index is 0.00000161. The van der Waals surface area contributed by atoms with Crippen LogP contribution in [0.1, 0.15) is 39.9 Å². The number of thiophene rings is 1. The molecule has 118 valence electrons. The minimum Gasteiger partial charge on any atom is -0.376 e. The molecule has 0 saturated carbocycles. The van der Waals surface area contributed by atoms with Crippen molar-refractivity contribution in [2.45, 2.75) is 38.8 Å². The third kappa shape index (κ3) is 3.59. The zero-order chi connectivity index (χ0) is 14.1. The van der Waals surface area contributed by atoms with Crippen molar-refractivity contribution in [2.75, 3.05) is 19.7 Å². The lowest BCUT2D eigenvalue weighted by molar-refractivity contribution is 0.0665. The Morgan fingerprint density at radius 3 is 3.10 bits per heavy atom. The molecule has 2 N–H and O–H groups in total. The topological polar surface area (TPSA) is 55.6 Å². The molecule has 0 radical (unpaired) electrons. The maximum Gasteiger partial charge on any atom is 0.263 e. The zero-order valence-corrected chi connectivity index (χ0v) is 14.0. The number of nitrogens with two attached hydrogens (primary N) is 1. The predicted octanol–water partition coefficient (Wildman–Crippen LogP) is 2.44. The van der Waals surface area contributed by atoms with Crippen LogP contribution in [0, 0.1) is 5.92 Å². The first kappa shape index (κ1) is 16.7. The number of nitrogens with zero attached hydrogens (tertiary/aromatic N) is 1. The van der Waals surface area contributed by atoms with Crippen LogP contribution in [-0.2, 0) is 17.8 Å². The van der Waals surface area contributed by atoms with Crippen molar-refractivity contribution in [2.24, 2.45) is 11.7 Å². The summed E-state index contributed by atoms with van der Waals surface area (Å²) in [6.07, 6.45) is 3.14. The number of carbonyl (C=O) groups is 1. The molecule has 1 saturated heterocycles. The molecule has 0 bridgehead atoms. The molecule has 1 aromatic rings. The van der Waals surface area contributed by atoms with E-state index >= 15 is 0 Å².